The fourth-order valence-electron chi connectivity index (χ4n) is 0.504. The molecule has 0 aromatic heterocycles. The van der Waals surface area contributed by atoms with Crippen molar-refractivity contribution < 1.29 is 1.41 Å². The van der Waals surface area contributed by atoms with Crippen LogP contribution in [0.25, 0.3) is 0 Å². The molecule has 0 aliphatic carbocycles. The molecule has 1 aliphatic rings. The first-order valence-corrected chi connectivity index (χ1v) is 2.30. The zero-order valence-corrected chi connectivity index (χ0v) is 3.72. The zero-order valence-electron chi connectivity index (χ0n) is 4.72. The summed E-state index contributed by atoms with van der Waals surface area (Å²) in [6.45, 7) is 1.55. The maximum absolute atomic E-state index is 7.02. The molecule has 0 radical (unpaired) electrons. The van der Waals surface area contributed by atoms with Crippen LogP contribution in [0.3, 0.4) is 0 Å². The first-order chi connectivity index (χ1) is 3.34. The average molecular weight is 87.1 g/mol. The number of rotatable bonds is 1. The smallest absolute Gasteiger partial charge is 0.123 e. The summed E-state index contributed by atoms with van der Waals surface area (Å²) in [6, 6.07) is 0.361. The molecule has 0 bridgehead atoms. The second-order valence-electron chi connectivity index (χ2n) is 1.58. The Morgan fingerprint density at radius 2 is 3.00 bits per heavy atom. The highest BCUT2D eigenvalue weighted by molar-refractivity contribution is 4.76. The van der Waals surface area contributed by atoms with E-state index in [1.165, 1.54) is 5.31 Å². The maximum Gasteiger partial charge on any atom is 0.123 e. The van der Waals surface area contributed by atoms with Crippen molar-refractivity contribution in [1.82, 2.24) is 5.31 Å². The third-order valence-corrected chi connectivity index (χ3v) is 1.12. The van der Waals surface area contributed by atoms with Gasteiger partial charge in [-0.25, -0.2) is 0 Å². The van der Waals surface area contributed by atoms with Gasteiger partial charge in [0.1, 0.15) is 1.41 Å². The van der Waals surface area contributed by atoms with Crippen LogP contribution >= 0.6 is 0 Å². The van der Waals surface area contributed by atoms with E-state index in [-0.39, 0.29) is 0 Å². The standard InChI is InChI=1S/C4H10N2/c5-3-4-1-2-6-4/h4,6H,1-3,5H2/i/hD. The fourth-order valence-corrected chi connectivity index (χ4v) is 0.504. The molecule has 0 aromatic rings. The van der Waals surface area contributed by atoms with Gasteiger partial charge in [0, 0.05) is 12.6 Å². The molecule has 1 saturated heterocycles. The molecular formula is C4H10N2. The molecule has 1 aliphatic heterocycles. The molecule has 1 atom stereocenters. The van der Waals surface area contributed by atoms with Crippen LogP contribution < -0.4 is 11.0 Å². The third-order valence-electron chi connectivity index (χ3n) is 1.12. The summed E-state index contributed by atoms with van der Waals surface area (Å²) in [5.74, 6) is 0. The Morgan fingerprint density at radius 1 is 2.17 bits per heavy atom. The summed E-state index contributed by atoms with van der Waals surface area (Å²) < 4.78 is 7.02. The maximum atomic E-state index is 7.02. The average Bonchev–Trinajstić information content (AvgIpc) is 1.65. The Morgan fingerprint density at radius 3 is 3.00 bits per heavy atom. The molecule has 0 saturated carbocycles. The van der Waals surface area contributed by atoms with Crippen LogP contribution in [-0.2, 0) is 0 Å². The fraction of sp³-hybridized carbons (Fsp3) is 1.00. The second kappa shape index (κ2) is 1.58. The van der Waals surface area contributed by atoms with Crippen LogP contribution in [0.4, 0.5) is 0 Å². The van der Waals surface area contributed by atoms with E-state index < -0.39 is 0 Å². The van der Waals surface area contributed by atoms with Crippen molar-refractivity contribution in [1.29, 1.82) is 0 Å². The van der Waals surface area contributed by atoms with Gasteiger partial charge in [-0.05, 0) is 13.0 Å². The van der Waals surface area contributed by atoms with Gasteiger partial charge in [0.2, 0.25) is 0 Å². The summed E-state index contributed by atoms with van der Waals surface area (Å²) in [6.07, 6.45) is 1.11. The third kappa shape index (κ3) is 0.533. The monoisotopic (exact) mass is 87.1 g/mol. The zero-order chi connectivity index (χ0) is 5.28. The molecular weight excluding hydrogens is 76.1 g/mol. The molecule has 2 nitrogen and oxygen atoms in total. The van der Waals surface area contributed by atoms with Crippen molar-refractivity contribution in [3.8, 4) is 0 Å². The van der Waals surface area contributed by atoms with Gasteiger partial charge >= 0.3 is 0 Å². The second-order valence-corrected chi connectivity index (χ2v) is 1.58. The molecule has 1 unspecified atom stereocenters. The van der Waals surface area contributed by atoms with Crippen LogP contribution in [0.5, 0.6) is 0 Å². The van der Waals surface area contributed by atoms with Crippen molar-refractivity contribution in [2.75, 3.05) is 13.1 Å². The molecule has 1 rings (SSSR count). The highest BCUT2D eigenvalue weighted by Gasteiger charge is 2.12. The summed E-state index contributed by atoms with van der Waals surface area (Å²) in [4.78, 5) is 0. The predicted octanol–water partition coefficient (Wildman–Crippen LogP) is -0.693. The number of hydrogen-bond donors (Lipinski definition) is 2. The molecule has 0 aromatic carbocycles. The Hall–Kier alpha value is -0.0800. The minimum Gasteiger partial charge on any atom is -0.329 e. The number of hydrogen-bond acceptors (Lipinski definition) is 2. The number of nitrogens with two attached hydrogens (primary N) is 1. The van der Waals surface area contributed by atoms with E-state index in [0.717, 1.165) is 13.0 Å². The normalized spacial score (nSPS) is 38.2. The Labute approximate surface area is 39.2 Å². The van der Waals surface area contributed by atoms with Gasteiger partial charge in [-0.3, -0.25) is 0 Å². The molecule has 0 amide bonds. The van der Waals surface area contributed by atoms with E-state index in [1.807, 2.05) is 0 Å². The van der Waals surface area contributed by atoms with Crippen LogP contribution in [-0.4, -0.2) is 19.1 Å². The lowest BCUT2D eigenvalue weighted by atomic mass is 10.1. The lowest BCUT2D eigenvalue weighted by molar-refractivity contribution is 0.379. The largest absolute Gasteiger partial charge is 0.329 e. The van der Waals surface area contributed by atoms with Gasteiger partial charge in [0.25, 0.3) is 0 Å². The summed E-state index contributed by atoms with van der Waals surface area (Å²) >= 11 is 0. The first kappa shape index (κ1) is 2.99. The molecule has 1 heterocycles. The van der Waals surface area contributed by atoms with Crippen molar-refractivity contribution in [2.45, 2.75) is 12.5 Å². The van der Waals surface area contributed by atoms with Crippen molar-refractivity contribution in [3.63, 3.8) is 0 Å². The SMILES string of the molecule is [2H]N1CCC1CN. The first-order valence-electron chi connectivity index (χ1n) is 2.75. The topological polar surface area (TPSA) is 38.0 Å². The van der Waals surface area contributed by atoms with Gasteiger partial charge in [-0.1, -0.05) is 0 Å². The number of nitrogens with one attached hydrogen (secondary N) is 1. The van der Waals surface area contributed by atoms with E-state index in [9.17, 15) is 0 Å². The van der Waals surface area contributed by atoms with E-state index in [2.05, 4.69) is 0 Å². The van der Waals surface area contributed by atoms with E-state index in [1.54, 1.807) is 0 Å². The van der Waals surface area contributed by atoms with Gasteiger partial charge < -0.3 is 11.0 Å². The molecule has 2 heteroatoms. The van der Waals surface area contributed by atoms with E-state index in [0.29, 0.717) is 12.6 Å². The Balaban J connectivity index is 2.16. The minimum absolute atomic E-state index is 0.361. The minimum atomic E-state index is 0.361. The summed E-state index contributed by atoms with van der Waals surface area (Å²) in [7, 11) is 0. The predicted molar refractivity (Wildman–Crippen MR) is 25.5 cm³/mol. The summed E-state index contributed by atoms with van der Waals surface area (Å²) in [5, 5.41) is 1.53. The van der Waals surface area contributed by atoms with Gasteiger partial charge in [-0.15, -0.1) is 0 Å². The van der Waals surface area contributed by atoms with Crippen molar-refractivity contribution in [2.24, 2.45) is 5.73 Å². The summed E-state index contributed by atoms with van der Waals surface area (Å²) in [5.41, 5.74) is 5.26. The van der Waals surface area contributed by atoms with Crippen molar-refractivity contribution in [3.05, 3.63) is 0 Å². The lowest BCUT2D eigenvalue weighted by Gasteiger charge is -2.25. The lowest BCUT2D eigenvalue weighted by Crippen LogP contribution is -2.47. The van der Waals surface area contributed by atoms with Crippen LogP contribution in [0.15, 0.2) is 0 Å². The quantitative estimate of drug-likeness (QED) is 0.444. The highest BCUT2D eigenvalue weighted by Crippen LogP contribution is 1.96. The molecule has 1 fully saturated rings. The molecule has 3 N–H and O–H groups in total. The van der Waals surface area contributed by atoms with Gasteiger partial charge in [0.15, 0.2) is 0 Å². The Kier molecular flexibility index (Phi) is 0.787. The van der Waals surface area contributed by atoms with Crippen LogP contribution in [0.2, 0.25) is 1.41 Å². The van der Waals surface area contributed by atoms with Gasteiger partial charge in [0.05, 0.1) is 0 Å². The van der Waals surface area contributed by atoms with E-state index >= 15 is 0 Å². The van der Waals surface area contributed by atoms with E-state index in [4.69, 9.17) is 7.15 Å². The van der Waals surface area contributed by atoms with Gasteiger partial charge in [-0.2, -0.15) is 0 Å². The Bertz CT molecular complexity index is 64.7. The van der Waals surface area contributed by atoms with Crippen LogP contribution in [0, 0.1) is 0 Å². The molecule has 6 heavy (non-hydrogen) atoms. The van der Waals surface area contributed by atoms with Crippen molar-refractivity contribution >= 4 is 0 Å². The highest BCUT2D eigenvalue weighted by atomic mass is 15.0. The van der Waals surface area contributed by atoms with Crippen LogP contribution in [0.1, 0.15) is 6.42 Å². The molecule has 36 valence electrons. The molecule has 0 spiro atoms.